The summed E-state index contributed by atoms with van der Waals surface area (Å²) < 4.78 is 29.0. The van der Waals surface area contributed by atoms with Crippen molar-refractivity contribution in [3.63, 3.8) is 0 Å². The van der Waals surface area contributed by atoms with Gasteiger partial charge in [0, 0.05) is 0 Å². The standard InChI is InChI=1S/C29H30Cl3NO5/c1-20-24(34-17-21-11-5-2-6-12-21)25(35-18-22-13-7-3-8-14-22)26(36-19-23-15-9-4-10-16-23)27(37-20)38-28(33)29(30,31)32/h2-16,20,24-27,33H,17-19H2,1H3/t20?,24-,25+,26?,27-/m0/s1. The van der Waals surface area contributed by atoms with Gasteiger partial charge in [0.25, 0.3) is 3.79 Å². The minimum Gasteiger partial charge on any atom is -0.445 e. The Bertz CT molecular complexity index is 1130. The Morgan fingerprint density at radius 3 is 1.50 bits per heavy atom. The van der Waals surface area contributed by atoms with Crippen LogP contribution in [-0.4, -0.2) is 40.4 Å². The second-order valence-electron chi connectivity index (χ2n) is 8.94. The molecule has 38 heavy (non-hydrogen) atoms. The van der Waals surface area contributed by atoms with Crippen molar-refractivity contribution >= 4 is 40.7 Å². The van der Waals surface area contributed by atoms with E-state index < -0.39 is 40.4 Å². The van der Waals surface area contributed by atoms with E-state index in [0.29, 0.717) is 13.2 Å². The fourth-order valence-electron chi connectivity index (χ4n) is 4.15. The molecule has 0 amide bonds. The first-order valence-corrected chi connectivity index (χ1v) is 13.4. The zero-order chi connectivity index (χ0) is 27.0. The summed E-state index contributed by atoms with van der Waals surface area (Å²) in [4.78, 5) is 0. The highest BCUT2D eigenvalue weighted by Crippen LogP contribution is 2.34. The van der Waals surface area contributed by atoms with E-state index in [1.54, 1.807) is 0 Å². The van der Waals surface area contributed by atoms with Crippen LogP contribution in [0.15, 0.2) is 91.0 Å². The van der Waals surface area contributed by atoms with E-state index in [9.17, 15) is 0 Å². The van der Waals surface area contributed by atoms with Crippen molar-refractivity contribution in [3.8, 4) is 0 Å². The summed E-state index contributed by atoms with van der Waals surface area (Å²) >= 11 is 17.7. The smallest absolute Gasteiger partial charge is 0.265 e. The second-order valence-corrected chi connectivity index (χ2v) is 11.2. The summed E-state index contributed by atoms with van der Waals surface area (Å²) in [5.41, 5.74) is 2.95. The van der Waals surface area contributed by atoms with Crippen molar-refractivity contribution in [2.24, 2.45) is 0 Å². The average Bonchev–Trinajstić information content (AvgIpc) is 2.92. The maximum atomic E-state index is 8.15. The SMILES string of the molecule is CC1O[C@@H](OC(=N)C(Cl)(Cl)Cl)C(OCc2ccccc2)[C@H](OCc2ccccc2)[C@H]1OCc1ccccc1. The van der Waals surface area contributed by atoms with Gasteiger partial charge in [-0.05, 0) is 23.6 Å². The molecule has 1 aliphatic heterocycles. The van der Waals surface area contributed by atoms with E-state index in [0.717, 1.165) is 16.7 Å². The Morgan fingerprint density at radius 1 is 0.684 bits per heavy atom. The van der Waals surface area contributed by atoms with Gasteiger partial charge in [-0.1, -0.05) is 126 Å². The van der Waals surface area contributed by atoms with Gasteiger partial charge in [0.1, 0.15) is 18.3 Å². The summed E-state index contributed by atoms with van der Waals surface area (Å²) in [6, 6.07) is 29.4. The fraction of sp³-hybridized carbons (Fsp3) is 0.345. The Balaban J connectivity index is 1.61. The molecule has 1 fully saturated rings. The number of halogens is 3. The summed E-state index contributed by atoms with van der Waals surface area (Å²) in [6.07, 6.45) is -3.50. The van der Waals surface area contributed by atoms with Crippen molar-refractivity contribution in [2.75, 3.05) is 0 Å². The first-order chi connectivity index (χ1) is 18.3. The molecule has 0 saturated carbocycles. The summed E-state index contributed by atoms with van der Waals surface area (Å²) in [6.45, 7) is 2.77. The van der Waals surface area contributed by atoms with Gasteiger partial charge in [-0.2, -0.15) is 0 Å². The second kappa shape index (κ2) is 13.8. The monoisotopic (exact) mass is 577 g/mol. The predicted octanol–water partition coefficient (Wildman–Crippen LogP) is 6.85. The lowest BCUT2D eigenvalue weighted by molar-refractivity contribution is -0.304. The number of hydrogen-bond donors (Lipinski definition) is 1. The van der Waals surface area contributed by atoms with Gasteiger partial charge in [0.2, 0.25) is 12.2 Å². The van der Waals surface area contributed by atoms with Gasteiger partial charge in [-0.15, -0.1) is 0 Å². The van der Waals surface area contributed by atoms with Gasteiger partial charge < -0.3 is 23.7 Å². The maximum absolute atomic E-state index is 8.15. The number of benzene rings is 3. The number of ether oxygens (including phenoxy) is 5. The molecule has 1 heterocycles. The van der Waals surface area contributed by atoms with Gasteiger partial charge in [-0.3, -0.25) is 5.41 Å². The Hall–Kier alpha value is -2.16. The molecule has 0 spiro atoms. The highest BCUT2D eigenvalue weighted by Gasteiger charge is 2.49. The van der Waals surface area contributed by atoms with Gasteiger partial charge in [0.05, 0.1) is 25.9 Å². The van der Waals surface area contributed by atoms with E-state index in [1.807, 2.05) is 97.9 Å². The van der Waals surface area contributed by atoms with Crippen LogP contribution in [0.2, 0.25) is 0 Å². The van der Waals surface area contributed by atoms with E-state index in [1.165, 1.54) is 0 Å². The summed E-state index contributed by atoms with van der Waals surface area (Å²) in [5.74, 6) is -0.571. The van der Waals surface area contributed by atoms with Crippen molar-refractivity contribution in [2.45, 2.75) is 61.2 Å². The number of nitrogens with one attached hydrogen (secondary N) is 1. The molecule has 4 rings (SSSR count). The molecule has 202 valence electrons. The van der Waals surface area contributed by atoms with Crippen LogP contribution in [0.4, 0.5) is 0 Å². The Morgan fingerprint density at radius 2 is 1.08 bits per heavy atom. The first-order valence-electron chi connectivity index (χ1n) is 12.3. The van der Waals surface area contributed by atoms with Crippen LogP contribution >= 0.6 is 34.8 Å². The van der Waals surface area contributed by atoms with Gasteiger partial charge in [-0.25, -0.2) is 0 Å². The largest absolute Gasteiger partial charge is 0.445 e. The predicted molar refractivity (Wildman–Crippen MR) is 148 cm³/mol. The molecule has 5 atom stereocenters. The molecule has 0 bridgehead atoms. The molecule has 0 radical (unpaired) electrons. The van der Waals surface area contributed by atoms with Crippen molar-refractivity contribution < 1.29 is 23.7 Å². The molecule has 1 saturated heterocycles. The topological polar surface area (TPSA) is 70.0 Å². The molecular weight excluding hydrogens is 549 g/mol. The van der Waals surface area contributed by atoms with Crippen LogP contribution in [0.25, 0.3) is 0 Å². The lowest BCUT2D eigenvalue weighted by atomic mass is 9.98. The summed E-state index contributed by atoms with van der Waals surface area (Å²) in [5, 5.41) is 8.15. The van der Waals surface area contributed by atoms with Gasteiger partial charge in [0.15, 0.2) is 0 Å². The Kier molecular flexibility index (Phi) is 10.4. The highest BCUT2D eigenvalue weighted by atomic mass is 35.6. The molecule has 3 aromatic carbocycles. The minimum atomic E-state index is -2.06. The average molecular weight is 579 g/mol. The number of hydrogen-bond acceptors (Lipinski definition) is 6. The third-order valence-corrected chi connectivity index (χ3v) is 6.59. The van der Waals surface area contributed by atoms with Crippen molar-refractivity contribution in [1.29, 1.82) is 5.41 Å². The zero-order valence-electron chi connectivity index (χ0n) is 20.8. The maximum Gasteiger partial charge on any atom is 0.265 e. The summed E-state index contributed by atoms with van der Waals surface area (Å²) in [7, 11) is 0. The minimum absolute atomic E-state index is 0.251. The normalized spacial score (nSPS) is 23.6. The lowest BCUT2D eigenvalue weighted by Gasteiger charge is -2.45. The molecule has 2 unspecified atom stereocenters. The molecule has 6 nitrogen and oxygen atoms in total. The molecule has 9 heteroatoms. The lowest BCUT2D eigenvalue weighted by Crippen LogP contribution is -2.60. The van der Waals surface area contributed by atoms with E-state index in [-0.39, 0.29) is 6.61 Å². The zero-order valence-corrected chi connectivity index (χ0v) is 23.1. The van der Waals surface area contributed by atoms with E-state index in [4.69, 9.17) is 63.9 Å². The molecule has 0 aromatic heterocycles. The molecule has 1 N–H and O–H groups in total. The van der Waals surface area contributed by atoms with E-state index >= 15 is 0 Å². The molecule has 0 aliphatic carbocycles. The fourth-order valence-corrected chi connectivity index (χ4v) is 4.28. The number of alkyl halides is 3. The number of rotatable bonds is 10. The Labute approximate surface area is 238 Å². The van der Waals surface area contributed by atoms with Crippen LogP contribution in [0, 0.1) is 5.41 Å². The molecule has 1 aliphatic rings. The van der Waals surface area contributed by atoms with Crippen LogP contribution in [-0.2, 0) is 43.5 Å². The quantitative estimate of drug-likeness (QED) is 0.162. The van der Waals surface area contributed by atoms with Crippen molar-refractivity contribution in [3.05, 3.63) is 108 Å². The third-order valence-electron chi connectivity index (χ3n) is 6.07. The third kappa shape index (κ3) is 8.17. The molecular formula is C29H30Cl3NO5. The van der Waals surface area contributed by atoms with Crippen LogP contribution in [0.1, 0.15) is 23.6 Å². The van der Waals surface area contributed by atoms with Crippen LogP contribution in [0.5, 0.6) is 0 Å². The highest BCUT2D eigenvalue weighted by molar-refractivity contribution is 6.76. The van der Waals surface area contributed by atoms with E-state index in [2.05, 4.69) is 0 Å². The molecule has 3 aromatic rings. The van der Waals surface area contributed by atoms with Gasteiger partial charge >= 0.3 is 0 Å². The van der Waals surface area contributed by atoms with Crippen LogP contribution < -0.4 is 0 Å². The van der Waals surface area contributed by atoms with Crippen molar-refractivity contribution in [1.82, 2.24) is 0 Å². The van der Waals surface area contributed by atoms with Crippen LogP contribution in [0.3, 0.4) is 0 Å². The first kappa shape index (κ1) is 28.8.